The monoisotopic (exact) mass is 255 g/mol. The number of phenolic OH excluding ortho intramolecular Hbond substituents is 1. The molecule has 0 aromatic heterocycles. The van der Waals surface area contributed by atoms with Crippen LogP contribution in [0.1, 0.15) is 18.4 Å². The highest BCUT2D eigenvalue weighted by molar-refractivity contribution is 9.10. The molecule has 1 N–H and O–H groups in total. The first-order valence-corrected chi connectivity index (χ1v) is 5.75. The molecule has 1 fully saturated rings. The third kappa shape index (κ3) is 2.28. The largest absolute Gasteiger partial charge is 0.508 e. The molecule has 76 valence electrons. The molecule has 0 aliphatic carbocycles. The van der Waals surface area contributed by atoms with Gasteiger partial charge in [-0.3, -0.25) is 4.90 Å². The molecular weight excluding hydrogens is 242 g/mol. The first kappa shape index (κ1) is 9.99. The molecule has 14 heavy (non-hydrogen) atoms. The lowest BCUT2D eigenvalue weighted by Crippen LogP contribution is -2.18. The fourth-order valence-electron chi connectivity index (χ4n) is 1.86. The van der Waals surface area contributed by atoms with Crippen molar-refractivity contribution in [3.8, 4) is 5.75 Å². The lowest BCUT2D eigenvalue weighted by molar-refractivity contribution is 0.330. The average Bonchev–Trinajstić information content (AvgIpc) is 2.64. The Kier molecular flexibility index (Phi) is 3.08. The second-order valence-electron chi connectivity index (χ2n) is 3.76. The summed E-state index contributed by atoms with van der Waals surface area (Å²) in [4.78, 5) is 2.42. The Labute approximate surface area is 92.7 Å². The topological polar surface area (TPSA) is 23.5 Å². The van der Waals surface area contributed by atoms with Crippen molar-refractivity contribution >= 4 is 15.9 Å². The van der Waals surface area contributed by atoms with E-state index in [4.69, 9.17) is 0 Å². The quantitative estimate of drug-likeness (QED) is 0.879. The normalized spacial score (nSPS) is 17.5. The van der Waals surface area contributed by atoms with E-state index >= 15 is 0 Å². The summed E-state index contributed by atoms with van der Waals surface area (Å²) >= 11 is 3.50. The van der Waals surface area contributed by atoms with E-state index in [9.17, 15) is 5.11 Å². The van der Waals surface area contributed by atoms with Crippen LogP contribution in [0.2, 0.25) is 0 Å². The number of likely N-dealkylation sites (tertiary alicyclic amines) is 1. The van der Waals surface area contributed by atoms with E-state index in [0.717, 1.165) is 11.0 Å². The molecule has 3 heteroatoms. The highest BCUT2D eigenvalue weighted by atomic mass is 79.9. The maximum atomic E-state index is 9.37. The summed E-state index contributed by atoms with van der Waals surface area (Å²) in [5, 5.41) is 9.37. The molecule has 1 aromatic rings. The summed E-state index contributed by atoms with van der Waals surface area (Å²) in [6.07, 6.45) is 2.60. The number of nitrogens with zero attached hydrogens (tertiary/aromatic N) is 1. The van der Waals surface area contributed by atoms with Crippen LogP contribution in [0, 0.1) is 0 Å². The van der Waals surface area contributed by atoms with Gasteiger partial charge in [-0.1, -0.05) is 15.9 Å². The van der Waals surface area contributed by atoms with Crippen LogP contribution in [0.15, 0.2) is 22.7 Å². The maximum absolute atomic E-state index is 9.37. The van der Waals surface area contributed by atoms with E-state index in [-0.39, 0.29) is 0 Å². The lowest BCUT2D eigenvalue weighted by atomic mass is 10.2. The highest BCUT2D eigenvalue weighted by Crippen LogP contribution is 2.24. The standard InChI is InChI=1S/C11H14BrNO/c12-11-4-3-10(14)7-9(11)8-13-5-1-2-6-13/h3-4,7,14H,1-2,5-6,8H2. The van der Waals surface area contributed by atoms with Gasteiger partial charge in [0.15, 0.2) is 0 Å². The van der Waals surface area contributed by atoms with Crippen molar-refractivity contribution in [2.24, 2.45) is 0 Å². The van der Waals surface area contributed by atoms with Gasteiger partial charge in [0.05, 0.1) is 0 Å². The Morgan fingerprint density at radius 3 is 2.71 bits per heavy atom. The van der Waals surface area contributed by atoms with Crippen LogP contribution in [0.3, 0.4) is 0 Å². The summed E-state index contributed by atoms with van der Waals surface area (Å²) in [5.74, 6) is 0.349. The zero-order valence-corrected chi connectivity index (χ0v) is 9.63. The Balaban J connectivity index is 2.10. The average molecular weight is 256 g/mol. The van der Waals surface area contributed by atoms with Gasteiger partial charge in [0.2, 0.25) is 0 Å². The molecule has 0 bridgehead atoms. The van der Waals surface area contributed by atoms with Gasteiger partial charge in [0.1, 0.15) is 5.75 Å². The number of rotatable bonds is 2. The molecule has 1 saturated heterocycles. The zero-order chi connectivity index (χ0) is 9.97. The van der Waals surface area contributed by atoms with Crippen LogP contribution in [0.25, 0.3) is 0 Å². The van der Waals surface area contributed by atoms with Crippen molar-refractivity contribution in [1.29, 1.82) is 0 Å². The van der Waals surface area contributed by atoms with Crippen molar-refractivity contribution in [3.63, 3.8) is 0 Å². The van der Waals surface area contributed by atoms with E-state index in [1.54, 1.807) is 6.07 Å². The number of benzene rings is 1. The zero-order valence-electron chi connectivity index (χ0n) is 8.04. The van der Waals surface area contributed by atoms with Gasteiger partial charge in [-0.2, -0.15) is 0 Å². The molecule has 0 unspecified atom stereocenters. The molecule has 0 spiro atoms. The number of hydrogen-bond acceptors (Lipinski definition) is 2. The number of phenols is 1. The van der Waals surface area contributed by atoms with E-state index in [1.807, 2.05) is 12.1 Å². The van der Waals surface area contributed by atoms with E-state index < -0.39 is 0 Å². The molecule has 0 amide bonds. The Morgan fingerprint density at radius 2 is 2.00 bits per heavy atom. The second-order valence-corrected chi connectivity index (χ2v) is 4.61. The second kappa shape index (κ2) is 4.32. The third-order valence-electron chi connectivity index (χ3n) is 2.62. The summed E-state index contributed by atoms with van der Waals surface area (Å²) in [6.45, 7) is 3.30. The Morgan fingerprint density at radius 1 is 1.29 bits per heavy atom. The minimum atomic E-state index is 0.349. The fourth-order valence-corrected chi connectivity index (χ4v) is 2.24. The van der Waals surface area contributed by atoms with Gasteiger partial charge in [0, 0.05) is 11.0 Å². The number of aromatic hydroxyl groups is 1. The molecule has 2 nitrogen and oxygen atoms in total. The maximum Gasteiger partial charge on any atom is 0.115 e. The SMILES string of the molecule is Oc1ccc(Br)c(CN2CCCC2)c1. The molecule has 1 heterocycles. The summed E-state index contributed by atoms with van der Waals surface area (Å²) < 4.78 is 1.09. The molecule has 0 atom stereocenters. The molecular formula is C11H14BrNO. The van der Waals surface area contributed by atoms with E-state index in [1.165, 1.54) is 31.5 Å². The minimum absolute atomic E-state index is 0.349. The molecule has 1 aliphatic rings. The van der Waals surface area contributed by atoms with Gasteiger partial charge in [-0.15, -0.1) is 0 Å². The van der Waals surface area contributed by atoms with E-state index in [2.05, 4.69) is 20.8 Å². The van der Waals surface area contributed by atoms with Gasteiger partial charge in [-0.25, -0.2) is 0 Å². The van der Waals surface area contributed by atoms with Crippen molar-refractivity contribution in [3.05, 3.63) is 28.2 Å². The number of hydrogen-bond donors (Lipinski definition) is 1. The fraction of sp³-hybridized carbons (Fsp3) is 0.455. The van der Waals surface area contributed by atoms with E-state index in [0.29, 0.717) is 5.75 Å². The summed E-state index contributed by atoms with van der Waals surface area (Å²) in [5.41, 5.74) is 1.17. The van der Waals surface area contributed by atoms with Crippen molar-refractivity contribution in [1.82, 2.24) is 4.90 Å². The summed E-state index contributed by atoms with van der Waals surface area (Å²) in [7, 11) is 0. The van der Waals surface area contributed by atoms with Crippen LogP contribution in [0.5, 0.6) is 5.75 Å². The van der Waals surface area contributed by atoms with Gasteiger partial charge in [0.25, 0.3) is 0 Å². The van der Waals surface area contributed by atoms with Crippen molar-refractivity contribution in [2.45, 2.75) is 19.4 Å². The predicted octanol–water partition coefficient (Wildman–Crippen LogP) is 2.75. The minimum Gasteiger partial charge on any atom is -0.508 e. The van der Waals surface area contributed by atoms with Gasteiger partial charge in [-0.05, 0) is 49.7 Å². The Hall–Kier alpha value is -0.540. The molecule has 1 aliphatic heterocycles. The molecule has 1 aromatic carbocycles. The van der Waals surface area contributed by atoms with Crippen LogP contribution in [0.4, 0.5) is 0 Å². The van der Waals surface area contributed by atoms with Crippen LogP contribution >= 0.6 is 15.9 Å². The predicted molar refractivity (Wildman–Crippen MR) is 60.3 cm³/mol. The summed E-state index contributed by atoms with van der Waals surface area (Å²) in [6, 6.07) is 5.45. The van der Waals surface area contributed by atoms with Gasteiger partial charge >= 0.3 is 0 Å². The first-order valence-electron chi connectivity index (χ1n) is 4.95. The molecule has 0 saturated carbocycles. The van der Waals surface area contributed by atoms with Gasteiger partial charge < -0.3 is 5.11 Å². The van der Waals surface area contributed by atoms with Crippen LogP contribution in [-0.4, -0.2) is 23.1 Å². The van der Waals surface area contributed by atoms with Crippen molar-refractivity contribution < 1.29 is 5.11 Å². The third-order valence-corrected chi connectivity index (χ3v) is 3.40. The smallest absolute Gasteiger partial charge is 0.115 e. The number of halogens is 1. The highest BCUT2D eigenvalue weighted by Gasteiger charge is 2.13. The first-order chi connectivity index (χ1) is 6.75. The van der Waals surface area contributed by atoms with Crippen molar-refractivity contribution in [2.75, 3.05) is 13.1 Å². The molecule has 0 radical (unpaired) electrons. The van der Waals surface area contributed by atoms with Crippen LogP contribution in [-0.2, 0) is 6.54 Å². The van der Waals surface area contributed by atoms with Crippen LogP contribution < -0.4 is 0 Å². The molecule has 2 rings (SSSR count). The lowest BCUT2D eigenvalue weighted by Gasteiger charge is -2.15. The Bertz CT molecular complexity index is 321.